The van der Waals surface area contributed by atoms with Crippen molar-refractivity contribution in [1.82, 2.24) is 4.90 Å². The van der Waals surface area contributed by atoms with E-state index in [0.29, 0.717) is 21.3 Å². The molecule has 2 amide bonds. The highest BCUT2D eigenvalue weighted by atomic mass is 35.5. The maximum absolute atomic E-state index is 12.4. The highest BCUT2D eigenvalue weighted by Crippen LogP contribution is 2.26. The number of anilines is 1. The van der Waals surface area contributed by atoms with E-state index in [-0.39, 0.29) is 17.5 Å². The summed E-state index contributed by atoms with van der Waals surface area (Å²) >= 11 is 12.1. The number of carbonyl (C=O) groups is 1. The van der Waals surface area contributed by atoms with Gasteiger partial charge in [-0.3, -0.25) is 0 Å². The molecule has 0 aliphatic rings. The summed E-state index contributed by atoms with van der Waals surface area (Å²) in [6, 6.07) is 9.44. The van der Waals surface area contributed by atoms with Crippen LogP contribution in [0.2, 0.25) is 10.0 Å². The second-order valence-corrected chi connectivity index (χ2v) is 8.55. The second-order valence-electron chi connectivity index (χ2n) is 5.75. The third kappa shape index (κ3) is 4.87. The van der Waals surface area contributed by atoms with Crippen molar-refractivity contribution in [1.29, 1.82) is 0 Å². The molecule has 0 aliphatic carbocycles. The first-order valence-electron chi connectivity index (χ1n) is 7.35. The molecular formula is C17H18Cl2N2O3S. The van der Waals surface area contributed by atoms with Gasteiger partial charge in [-0.1, -0.05) is 41.4 Å². The van der Waals surface area contributed by atoms with E-state index in [1.54, 1.807) is 38.2 Å². The van der Waals surface area contributed by atoms with Crippen LogP contribution in [-0.4, -0.2) is 32.7 Å². The Morgan fingerprint density at radius 2 is 1.88 bits per heavy atom. The Labute approximate surface area is 157 Å². The average Bonchev–Trinajstić information content (AvgIpc) is 2.52. The molecule has 25 heavy (non-hydrogen) atoms. The molecule has 1 N–H and O–H groups in total. The van der Waals surface area contributed by atoms with E-state index in [9.17, 15) is 13.2 Å². The van der Waals surface area contributed by atoms with Crippen molar-refractivity contribution in [2.24, 2.45) is 0 Å². The Hall–Kier alpha value is -1.76. The smallest absolute Gasteiger partial charge is 0.321 e. The van der Waals surface area contributed by atoms with Gasteiger partial charge in [0.25, 0.3) is 0 Å². The standard InChI is InChI=1S/C17H18Cl2N2O3S/c1-11-7-8-13(25(3,23)24)9-15(11)20-17(22)21(2)10-12-5-4-6-14(18)16(12)19/h4-9H,10H2,1-3H3,(H,20,22). The summed E-state index contributed by atoms with van der Waals surface area (Å²) < 4.78 is 23.4. The van der Waals surface area contributed by atoms with Crippen LogP contribution in [0.5, 0.6) is 0 Å². The van der Waals surface area contributed by atoms with Crippen LogP contribution in [0.25, 0.3) is 0 Å². The van der Waals surface area contributed by atoms with Crippen LogP contribution < -0.4 is 5.32 Å². The number of rotatable bonds is 4. The van der Waals surface area contributed by atoms with Crippen molar-refractivity contribution in [3.8, 4) is 0 Å². The molecule has 134 valence electrons. The number of urea groups is 1. The lowest BCUT2D eigenvalue weighted by Gasteiger charge is -2.20. The first kappa shape index (κ1) is 19.6. The van der Waals surface area contributed by atoms with Crippen molar-refractivity contribution in [3.05, 3.63) is 57.6 Å². The average molecular weight is 401 g/mol. The van der Waals surface area contributed by atoms with Gasteiger partial charge < -0.3 is 10.2 Å². The Morgan fingerprint density at radius 3 is 2.52 bits per heavy atom. The Bertz CT molecular complexity index is 914. The van der Waals surface area contributed by atoms with E-state index in [2.05, 4.69) is 5.32 Å². The zero-order chi connectivity index (χ0) is 18.8. The SMILES string of the molecule is Cc1ccc(S(C)(=O)=O)cc1NC(=O)N(C)Cc1cccc(Cl)c1Cl. The number of benzene rings is 2. The van der Waals surface area contributed by atoms with Crippen LogP contribution in [0.15, 0.2) is 41.3 Å². The fraction of sp³-hybridized carbons (Fsp3) is 0.235. The number of sulfone groups is 1. The third-order valence-electron chi connectivity index (χ3n) is 3.66. The number of hydrogen-bond donors (Lipinski definition) is 1. The Morgan fingerprint density at radius 1 is 1.20 bits per heavy atom. The molecule has 5 nitrogen and oxygen atoms in total. The lowest BCUT2D eigenvalue weighted by molar-refractivity contribution is 0.220. The predicted molar refractivity (Wildman–Crippen MR) is 101 cm³/mol. The molecule has 0 heterocycles. The zero-order valence-corrected chi connectivity index (χ0v) is 16.3. The van der Waals surface area contributed by atoms with E-state index >= 15 is 0 Å². The molecule has 0 spiro atoms. The summed E-state index contributed by atoms with van der Waals surface area (Å²) in [4.78, 5) is 14.0. The second kappa shape index (κ2) is 7.64. The van der Waals surface area contributed by atoms with Gasteiger partial charge in [0, 0.05) is 25.5 Å². The van der Waals surface area contributed by atoms with Crippen LogP contribution in [0.1, 0.15) is 11.1 Å². The molecular weight excluding hydrogens is 383 g/mol. The number of amides is 2. The predicted octanol–water partition coefficient (Wildman–Crippen LogP) is 4.37. The van der Waals surface area contributed by atoms with Gasteiger partial charge in [0.1, 0.15) is 0 Å². The van der Waals surface area contributed by atoms with Crippen molar-refractivity contribution < 1.29 is 13.2 Å². The third-order valence-corrected chi connectivity index (χ3v) is 5.63. The highest BCUT2D eigenvalue weighted by molar-refractivity contribution is 7.90. The number of nitrogens with one attached hydrogen (secondary N) is 1. The van der Waals surface area contributed by atoms with Crippen LogP contribution >= 0.6 is 23.2 Å². The first-order chi connectivity index (χ1) is 11.6. The topological polar surface area (TPSA) is 66.5 Å². The summed E-state index contributed by atoms with van der Waals surface area (Å²) in [7, 11) is -1.74. The van der Waals surface area contributed by atoms with Crippen molar-refractivity contribution in [2.45, 2.75) is 18.4 Å². The largest absolute Gasteiger partial charge is 0.323 e. The number of hydrogen-bond acceptors (Lipinski definition) is 3. The Kier molecular flexibility index (Phi) is 5.98. The molecule has 0 fully saturated rings. The van der Waals surface area contributed by atoms with E-state index in [1.165, 1.54) is 17.0 Å². The maximum atomic E-state index is 12.4. The molecule has 0 saturated carbocycles. The first-order valence-corrected chi connectivity index (χ1v) is 10.00. The highest BCUT2D eigenvalue weighted by Gasteiger charge is 2.15. The van der Waals surface area contributed by atoms with E-state index in [4.69, 9.17) is 23.2 Å². The lowest BCUT2D eigenvalue weighted by Crippen LogP contribution is -2.31. The maximum Gasteiger partial charge on any atom is 0.321 e. The molecule has 0 aromatic heterocycles. The fourth-order valence-corrected chi connectivity index (χ4v) is 3.20. The summed E-state index contributed by atoms with van der Waals surface area (Å²) in [6.45, 7) is 2.05. The monoisotopic (exact) mass is 400 g/mol. The minimum Gasteiger partial charge on any atom is -0.323 e. The lowest BCUT2D eigenvalue weighted by atomic mass is 10.2. The van der Waals surface area contributed by atoms with Crippen LogP contribution in [0.4, 0.5) is 10.5 Å². The van der Waals surface area contributed by atoms with Gasteiger partial charge in [0.15, 0.2) is 9.84 Å². The summed E-state index contributed by atoms with van der Waals surface area (Å²) in [5, 5.41) is 3.55. The van der Waals surface area contributed by atoms with Gasteiger partial charge in [-0.05, 0) is 36.2 Å². The minimum atomic E-state index is -3.35. The summed E-state index contributed by atoms with van der Waals surface area (Å²) in [6.07, 6.45) is 1.12. The van der Waals surface area contributed by atoms with Gasteiger partial charge in [-0.2, -0.15) is 0 Å². The van der Waals surface area contributed by atoms with Crippen molar-refractivity contribution in [3.63, 3.8) is 0 Å². The summed E-state index contributed by atoms with van der Waals surface area (Å²) in [5.41, 5.74) is 1.92. The number of aryl methyl sites for hydroxylation is 1. The van der Waals surface area contributed by atoms with Gasteiger partial charge in [0.2, 0.25) is 0 Å². The molecule has 0 unspecified atom stereocenters. The molecule has 0 bridgehead atoms. The van der Waals surface area contributed by atoms with E-state index in [1.807, 2.05) is 0 Å². The molecule has 2 aromatic carbocycles. The normalized spacial score (nSPS) is 11.2. The van der Waals surface area contributed by atoms with Gasteiger partial charge in [-0.15, -0.1) is 0 Å². The molecule has 2 aromatic rings. The zero-order valence-electron chi connectivity index (χ0n) is 14.0. The van der Waals surface area contributed by atoms with Crippen molar-refractivity contribution >= 4 is 44.8 Å². The van der Waals surface area contributed by atoms with Gasteiger partial charge in [0.05, 0.1) is 14.9 Å². The van der Waals surface area contributed by atoms with Crippen LogP contribution in [0, 0.1) is 6.92 Å². The van der Waals surface area contributed by atoms with E-state index in [0.717, 1.165) is 11.8 Å². The molecule has 8 heteroatoms. The molecule has 0 saturated heterocycles. The van der Waals surface area contributed by atoms with Crippen LogP contribution in [-0.2, 0) is 16.4 Å². The summed E-state index contributed by atoms with van der Waals surface area (Å²) in [5.74, 6) is 0. The molecule has 0 aliphatic heterocycles. The number of halogens is 2. The van der Waals surface area contributed by atoms with Crippen LogP contribution in [0.3, 0.4) is 0 Å². The minimum absolute atomic E-state index is 0.147. The van der Waals surface area contributed by atoms with Crippen molar-refractivity contribution in [2.75, 3.05) is 18.6 Å². The van der Waals surface area contributed by atoms with Gasteiger partial charge in [-0.25, -0.2) is 13.2 Å². The Balaban J connectivity index is 2.18. The van der Waals surface area contributed by atoms with Gasteiger partial charge >= 0.3 is 6.03 Å². The molecule has 0 radical (unpaired) electrons. The number of nitrogens with zero attached hydrogens (tertiary/aromatic N) is 1. The number of carbonyl (C=O) groups excluding carboxylic acids is 1. The molecule has 2 rings (SSSR count). The fourth-order valence-electron chi connectivity index (χ4n) is 2.17. The quantitative estimate of drug-likeness (QED) is 0.828. The molecule has 0 atom stereocenters. The van der Waals surface area contributed by atoms with E-state index < -0.39 is 9.84 Å².